The van der Waals surface area contributed by atoms with Crippen molar-refractivity contribution in [3.63, 3.8) is 0 Å². The van der Waals surface area contributed by atoms with Gasteiger partial charge in [-0.3, -0.25) is 4.79 Å². The fraction of sp³-hybridized carbons (Fsp3) is 0.455. The lowest BCUT2D eigenvalue weighted by atomic mass is 10.1. The van der Waals surface area contributed by atoms with Gasteiger partial charge in [0.1, 0.15) is 5.69 Å². The number of ketones is 1. The van der Waals surface area contributed by atoms with Gasteiger partial charge in [0.15, 0.2) is 5.78 Å². The highest BCUT2D eigenvalue weighted by atomic mass is 16.5. The van der Waals surface area contributed by atoms with Crippen LogP contribution in [0.15, 0.2) is 12.3 Å². The first kappa shape index (κ1) is 11.5. The first-order valence-electron chi connectivity index (χ1n) is 5.07. The molecule has 1 N–H and O–H groups in total. The van der Waals surface area contributed by atoms with E-state index in [1.807, 2.05) is 6.92 Å². The summed E-state index contributed by atoms with van der Waals surface area (Å²) >= 11 is 0. The molecule has 1 heterocycles. The van der Waals surface area contributed by atoms with Crippen LogP contribution in [-0.4, -0.2) is 23.3 Å². The summed E-state index contributed by atoms with van der Waals surface area (Å²) in [6, 6.07) is 1.54. The first-order chi connectivity index (χ1) is 7.19. The van der Waals surface area contributed by atoms with E-state index >= 15 is 0 Å². The van der Waals surface area contributed by atoms with Crippen LogP contribution in [-0.2, 0) is 4.74 Å². The zero-order chi connectivity index (χ0) is 11.3. The molecule has 0 aliphatic carbocycles. The Morgan fingerprint density at radius 2 is 2.13 bits per heavy atom. The number of esters is 1. The Labute approximate surface area is 88.6 Å². The largest absolute Gasteiger partial charge is 0.461 e. The van der Waals surface area contributed by atoms with Crippen LogP contribution in [0.25, 0.3) is 0 Å². The molecular weight excluding hydrogens is 194 g/mol. The molecule has 0 spiro atoms. The fourth-order valence-electron chi connectivity index (χ4n) is 1.25. The van der Waals surface area contributed by atoms with E-state index in [0.717, 1.165) is 6.42 Å². The molecule has 4 heteroatoms. The quantitative estimate of drug-likeness (QED) is 0.597. The van der Waals surface area contributed by atoms with Gasteiger partial charge in [-0.1, -0.05) is 6.92 Å². The third kappa shape index (κ3) is 2.94. The summed E-state index contributed by atoms with van der Waals surface area (Å²) in [5.74, 6) is -0.377. The first-order valence-corrected chi connectivity index (χ1v) is 5.07. The molecular formula is C11H15NO3. The minimum absolute atomic E-state index is 0.0456. The second kappa shape index (κ2) is 5.34. The summed E-state index contributed by atoms with van der Waals surface area (Å²) in [4.78, 5) is 25.5. The molecule has 0 radical (unpaired) electrons. The molecule has 0 amide bonds. The molecule has 0 saturated heterocycles. The van der Waals surface area contributed by atoms with E-state index in [0.29, 0.717) is 24.3 Å². The number of hydrogen-bond donors (Lipinski definition) is 1. The molecule has 1 aromatic rings. The highest BCUT2D eigenvalue weighted by Crippen LogP contribution is 2.08. The zero-order valence-electron chi connectivity index (χ0n) is 9.00. The van der Waals surface area contributed by atoms with Crippen LogP contribution in [0.3, 0.4) is 0 Å². The number of aromatic nitrogens is 1. The van der Waals surface area contributed by atoms with Gasteiger partial charge in [0, 0.05) is 18.2 Å². The molecule has 0 saturated carbocycles. The molecule has 1 aromatic heterocycles. The number of Topliss-reactive ketones (excluding diaryl/α,β-unsaturated/α-hetero) is 1. The Hall–Kier alpha value is -1.58. The molecule has 4 nitrogen and oxygen atoms in total. The second-order valence-corrected chi connectivity index (χ2v) is 3.20. The lowest BCUT2D eigenvalue weighted by molar-refractivity contribution is 0.0520. The molecule has 0 aliphatic rings. The predicted molar refractivity (Wildman–Crippen MR) is 56.0 cm³/mol. The number of nitrogens with one attached hydrogen (secondary N) is 1. The Morgan fingerprint density at radius 3 is 2.73 bits per heavy atom. The lowest BCUT2D eigenvalue weighted by Gasteiger charge is -1.96. The molecule has 0 bridgehead atoms. The molecule has 0 fully saturated rings. The van der Waals surface area contributed by atoms with Crippen molar-refractivity contribution in [3.8, 4) is 0 Å². The SMILES string of the molecule is CCCC(=O)c1c[nH]c(C(=O)OCC)c1. The molecule has 82 valence electrons. The van der Waals surface area contributed by atoms with Gasteiger partial charge in [-0.25, -0.2) is 4.79 Å². The van der Waals surface area contributed by atoms with Crippen molar-refractivity contribution >= 4 is 11.8 Å². The van der Waals surface area contributed by atoms with Crippen LogP contribution in [0, 0.1) is 0 Å². The minimum Gasteiger partial charge on any atom is -0.461 e. The number of aromatic amines is 1. The van der Waals surface area contributed by atoms with Crippen LogP contribution in [0.1, 0.15) is 47.5 Å². The van der Waals surface area contributed by atoms with Gasteiger partial charge in [0.05, 0.1) is 6.61 Å². The van der Waals surface area contributed by atoms with Gasteiger partial charge in [0.2, 0.25) is 0 Å². The average Bonchev–Trinajstić information content (AvgIpc) is 2.67. The van der Waals surface area contributed by atoms with Crippen molar-refractivity contribution < 1.29 is 14.3 Å². The van der Waals surface area contributed by atoms with E-state index in [1.54, 1.807) is 13.1 Å². The standard InChI is InChI=1S/C11H15NO3/c1-3-5-10(13)8-6-9(12-7-8)11(14)15-4-2/h6-7,12H,3-5H2,1-2H3. The number of carbonyl (C=O) groups is 2. The van der Waals surface area contributed by atoms with Gasteiger partial charge in [0.25, 0.3) is 0 Å². The highest BCUT2D eigenvalue weighted by molar-refractivity contribution is 5.98. The third-order valence-electron chi connectivity index (χ3n) is 1.98. The molecule has 0 aromatic carbocycles. The maximum absolute atomic E-state index is 11.5. The second-order valence-electron chi connectivity index (χ2n) is 3.20. The molecule has 0 aliphatic heterocycles. The van der Waals surface area contributed by atoms with Crippen molar-refractivity contribution in [2.24, 2.45) is 0 Å². The van der Waals surface area contributed by atoms with Gasteiger partial charge >= 0.3 is 5.97 Å². The van der Waals surface area contributed by atoms with E-state index in [1.165, 1.54) is 6.07 Å². The maximum Gasteiger partial charge on any atom is 0.354 e. The smallest absolute Gasteiger partial charge is 0.354 e. The number of carbonyl (C=O) groups excluding carboxylic acids is 2. The monoisotopic (exact) mass is 209 g/mol. The van der Waals surface area contributed by atoms with Crippen molar-refractivity contribution in [2.45, 2.75) is 26.7 Å². The number of ether oxygens (including phenoxy) is 1. The Kier molecular flexibility index (Phi) is 4.09. The van der Waals surface area contributed by atoms with Crippen LogP contribution in [0.4, 0.5) is 0 Å². The number of rotatable bonds is 5. The van der Waals surface area contributed by atoms with Gasteiger partial charge in [-0.15, -0.1) is 0 Å². The van der Waals surface area contributed by atoms with Gasteiger partial charge in [-0.2, -0.15) is 0 Å². The molecule has 0 unspecified atom stereocenters. The van der Waals surface area contributed by atoms with E-state index in [9.17, 15) is 9.59 Å². The Morgan fingerprint density at radius 1 is 1.40 bits per heavy atom. The highest BCUT2D eigenvalue weighted by Gasteiger charge is 2.12. The average molecular weight is 209 g/mol. The summed E-state index contributed by atoms with van der Waals surface area (Å²) in [5.41, 5.74) is 0.871. The molecule has 1 rings (SSSR count). The molecule has 0 atom stereocenters. The summed E-state index contributed by atoms with van der Waals surface area (Å²) in [6.07, 6.45) is 2.85. The third-order valence-corrected chi connectivity index (χ3v) is 1.98. The van der Waals surface area contributed by atoms with Crippen LogP contribution in [0.5, 0.6) is 0 Å². The van der Waals surface area contributed by atoms with E-state index < -0.39 is 5.97 Å². The van der Waals surface area contributed by atoms with E-state index in [2.05, 4.69) is 4.98 Å². The molecule has 15 heavy (non-hydrogen) atoms. The van der Waals surface area contributed by atoms with Crippen LogP contribution in [0.2, 0.25) is 0 Å². The maximum atomic E-state index is 11.5. The van der Waals surface area contributed by atoms with E-state index in [-0.39, 0.29) is 5.78 Å². The topological polar surface area (TPSA) is 59.2 Å². The van der Waals surface area contributed by atoms with E-state index in [4.69, 9.17) is 4.74 Å². The lowest BCUT2D eigenvalue weighted by Crippen LogP contribution is -2.04. The number of H-pyrrole nitrogens is 1. The summed E-state index contributed by atoms with van der Waals surface area (Å²) < 4.78 is 4.80. The summed E-state index contributed by atoms with van der Waals surface area (Å²) in [6.45, 7) is 4.01. The van der Waals surface area contributed by atoms with Gasteiger partial charge in [-0.05, 0) is 19.4 Å². The minimum atomic E-state index is -0.423. The van der Waals surface area contributed by atoms with Crippen LogP contribution < -0.4 is 0 Å². The predicted octanol–water partition coefficient (Wildman–Crippen LogP) is 2.17. The Balaban J connectivity index is 2.71. The summed E-state index contributed by atoms with van der Waals surface area (Å²) in [5, 5.41) is 0. The van der Waals surface area contributed by atoms with Crippen molar-refractivity contribution in [2.75, 3.05) is 6.61 Å². The zero-order valence-corrected chi connectivity index (χ0v) is 9.00. The fourth-order valence-corrected chi connectivity index (χ4v) is 1.25. The summed E-state index contributed by atoms with van der Waals surface area (Å²) in [7, 11) is 0. The normalized spacial score (nSPS) is 10.0. The van der Waals surface area contributed by atoms with Crippen molar-refractivity contribution in [3.05, 3.63) is 23.5 Å². The van der Waals surface area contributed by atoms with Gasteiger partial charge < -0.3 is 9.72 Å². The Bertz CT molecular complexity index is 322. The van der Waals surface area contributed by atoms with Crippen LogP contribution >= 0.6 is 0 Å². The van der Waals surface area contributed by atoms with Crippen molar-refractivity contribution in [1.82, 2.24) is 4.98 Å². The van der Waals surface area contributed by atoms with Crippen molar-refractivity contribution in [1.29, 1.82) is 0 Å². The number of hydrogen-bond acceptors (Lipinski definition) is 3.